The van der Waals surface area contributed by atoms with Crippen molar-refractivity contribution in [2.45, 2.75) is 31.6 Å². The standard InChI is InChI=1S/C23H25N3O3S2/c1-16-12-14-26(15-13-16)31(28,29)20-10-8-19(9-11-20)22(27)25-23-24-21(17(2)30-23)18-6-4-3-5-7-18/h3-11,16H,12-15H2,1-2H3,(H,24,25,27). The van der Waals surface area contributed by atoms with Gasteiger partial charge in [-0.3, -0.25) is 10.1 Å². The van der Waals surface area contributed by atoms with Crippen molar-refractivity contribution in [1.29, 1.82) is 0 Å². The van der Waals surface area contributed by atoms with E-state index in [1.807, 2.05) is 37.3 Å². The highest BCUT2D eigenvalue weighted by molar-refractivity contribution is 7.89. The summed E-state index contributed by atoms with van der Waals surface area (Å²) in [6, 6.07) is 15.9. The van der Waals surface area contributed by atoms with Crippen LogP contribution in [0.1, 0.15) is 35.0 Å². The average Bonchev–Trinajstić information content (AvgIpc) is 3.14. The second-order valence-electron chi connectivity index (χ2n) is 7.85. The molecule has 6 nitrogen and oxygen atoms in total. The number of nitrogens with zero attached hydrogens (tertiary/aromatic N) is 2. The fourth-order valence-electron chi connectivity index (χ4n) is 3.64. The zero-order chi connectivity index (χ0) is 22.0. The monoisotopic (exact) mass is 455 g/mol. The molecule has 1 aromatic heterocycles. The van der Waals surface area contributed by atoms with Crippen molar-refractivity contribution < 1.29 is 13.2 Å². The Morgan fingerprint density at radius 2 is 1.71 bits per heavy atom. The first-order valence-corrected chi connectivity index (χ1v) is 12.5. The Labute approximate surface area is 187 Å². The minimum Gasteiger partial charge on any atom is -0.298 e. The van der Waals surface area contributed by atoms with Gasteiger partial charge in [-0.2, -0.15) is 4.31 Å². The van der Waals surface area contributed by atoms with Crippen molar-refractivity contribution in [3.63, 3.8) is 0 Å². The first kappa shape index (κ1) is 21.7. The number of carbonyl (C=O) groups excluding carboxylic acids is 1. The molecule has 2 heterocycles. The molecule has 162 valence electrons. The predicted molar refractivity (Wildman–Crippen MR) is 124 cm³/mol. The lowest BCUT2D eigenvalue weighted by Crippen LogP contribution is -2.37. The van der Waals surface area contributed by atoms with Gasteiger partial charge in [-0.25, -0.2) is 13.4 Å². The van der Waals surface area contributed by atoms with E-state index < -0.39 is 10.0 Å². The highest BCUT2D eigenvalue weighted by Gasteiger charge is 2.28. The van der Waals surface area contributed by atoms with E-state index in [0.717, 1.165) is 29.0 Å². The maximum atomic E-state index is 12.9. The van der Waals surface area contributed by atoms with Crippen LogP contribution >= 0.6 is 11.3 Å². The summed E-state index contributed by atoms with van der Waals surface area (Å²) in [4.78, 5) is 18.4. The quantitative estimate of drug-likeness (QED) is 0.600. The van der Waals surface area contributed by atoms with Crippen LogP contribution in [0.2, 0.25) is 0 Å². The van der Waals surface area contributed by atoms with E-state index in [-0.39, 0.29) is 10.8 Å². The van der Waals surface area contributed by atoms with E-state index >= 15 is 0 Å². The number of benzene rings is 2. The first-order valence-electron chi connectivity index (χ1n) is 10.3. The molecule has 3 aromatic rings. The van der Waals surface area contributed by atoms with Crippen molar-refractivity contribution in [1.82, 2.24) is 9.29 Å². The molecule has 1 N–H and O–H groups in total. The number of hydrogen-bond acceptors (Lipinski definition) is 5. The third kappa shape index (κ3) is 4.71. The summed E-state index contributed by atoms with van der Waals surface area (Å²) < 4.78 is 27.2. The normalized spacial score (nSPS) is 15.7. The highest BCUT2D eigenvalue weighted by atomic mass is 32.2. The predicted octanol–water partition coefficient (Wildman–Crippen LogP) is 4.79. The molecule has 1 aliphatic rings. The van der Waals surface area contributed by atoms with Crippen LogP contribution in [0.4, 0.5) is 5.13 Å². The number of amides is 1. The number of nitrogens with one attached hydrogen (secondary N) is 1. The third-order valence-corrected chi connectivity index (χ3v) is 8.36. The fraction of sp³-hybridized carbons (Fsp3) is 0.304. The molecule has 1 amide bonds. The van der Waals surface area contributed by atoms with E-state index in [1.165, 1.54) is 27.8 Å². The molecular formula is C23H25N3O3S2. The number of thiazole rings is 1. The van der Waals surface area contributed by atoms with Crippen molar-refractivity contribution >= 4 is 32.4 Å². The van der Waals surface area contributed by atoms with Crippen molar-refractivity contribution in [2.75, 3.05) is 18.4 Å². The van der Waals surface area contributed by atoms with Crippen LogP contribution < -0.4 is 5.32 Å². The minimum atomic E-state index is -3.53. The maximum Gasteiger partial charge on any atom is 0.257 e. The number of anilines is 1. The van der Waals surface area contributed by atoms with Gasteiger partial charge in [0.05, 0.1) is 10.6 Å². The SMILES string of the molecule is Cc1sc(NC(=O)c2ccc(S(=O)(=O)N3CCC(C)CC3)cc2)nc1-c1ccccc1. The van der Waals surface area contributed by atoms with Crippen LogP contribution in [0.25, 0.3) is 11.3 Å². The van der Waals surface area contributed by atoms with Gasteiger partial charge in [0.1, 0.15) is 0 Å². The van der Waals surface area contributed by atoms with Gasteiger partial charge < -0.3 is 0 Å². The number of sulfonamides is 1. The zero-order valence-corrected chi connectivity index (χ0v) is 19.2. The Hall–Kier alpha value is -2.55. The van der Waals surface area contributed by atoms with Gasteiger partial charge in [0.25, 0.3) is 5.91 Å². The lowest BCUT2D eigenvalue weighted by molar-refractivity contribution is 0.102. The summed E-state index contributed by atoms with van der Waals surface area (Å²) in [5.41, 5.74) is 2.23. The van der Waals surface area contributed by atoms with Crippen LogP contribution in [0, 0.1) is 12.8 Å². The summed E-state index contributed by atoms with van der Waals surface area (Å²) in [5, 5.41) is 3.34. The molecule has 0 atom stereocenters. The molecule has 0 unspecified atom stereocenters. The zero-order valence-electron chi connectivity index (χ0n) is 17.5. The topological polar surface area (TPSA) is 79.4 Å². The fourth-order valence-corrected chi connectivity index (χ4v) is 5.94. The van der Waals surface area contributed by atoms with Gasteiger partial charge in [-0.15, -0.1) is 11.3 Å². The van der Waals surface area contributed by atoms with Crippen LogP contribution in [0.5, 0.6) is 0 Å². The highest BCUT2D eigenvalue weighted by Crippen LogP contribution is 2.30. The smallest absolute Gasteiger partial charge is 0.257 e. The number of aromatic nitrogens is 1. The Morgan fingerprint density at radius 3 is 2.35 bits per heavy atom. The molecule has 0 aliphatic carbocycles. The molecule has 1 aliphatic heterocycles. The second kappa shape index (κ2) is 8.90. The molecule has 2 aromatic carbocycles. The maximum absolute atomic E-state index is 12.9. The summed E-state index contributed by atoms with van der Waals surface area (Å²) in [5.74, 6) is 0.235. The number of rotatable bonds is 5. The van der Waals surface area contributed by atoms with Crippen LogP contribution in [-0.2, 0) is 10.0 Å². The third-order valence-electron chi connectivity index (χ3n) is 5.56. The Bertz CT molecular complexity index is 1160. The number of piperidine rings is 1. The Balaban J connectivity index is 1.47. The van der Waals surface area contributed by atoms with Gasteiger partial charge in [0, 0.05) is 29.1 Å². The van der Waals surface area contributed by atoms with Gasteiger partial charge in [0.15, 0.2) is 5.13 Å². The largest absolute Gasteiger partial charge is 0.298 e. The lowest BCUT2D eigenvalue weighted by atomic mass is 10.0. The summed E-state index contributed by atoms with van der Waals surface area (Å²) in [7, 11) is -3.53. The number of carbonyl (C=O) groups is 1. The van der Waals surface area contributed by atoms with Crippen LogP contribution in [-0.4, -0.2) is 36.7 Å². The summed E-state index contributed by atoms with van der Waals surface area (Å²) in [6.07, 6.45) is 1.75. The Morgan fingerprint density at radius 1 is 1.06 bits per heavy atom. The molecule has 0 radical (unpaired) electrons. The minimum absolute atomic E-state index is 0.218. The Kier molecular flexibility index (Phi) is 6.22. The molecular weight excluding hydrogens is 430 g/mol. The van der Waals surface area contributed by atoms with Gasteiger partial charge in [0.2, 0.25) is 10.0 Å². The second-order valence-corrected chi connectivity index (χ2v) is 11.0. The van der Waals surface area contributed by atoms with Gasteiger partial charge in [-0.1, -0.05) is 37.3 Å². The molecule has 0 bridgehead atoms. The van der Waals surface area contributed by atoms with E-state index in [2.05, 4.69) is 17.2 Å². The molecule has 8 heteroatoms. The molecule has 4 rings (SSSR count). The van der Waals surface area contributed by atoms with E-state index in [0.29, 0.717) is 29.7 Å². The molecule has 1 saturated heterocycles. The molecule has 31 heavy (non-hydrogen) atoms. The van der Waals surface area contributed by atoms with Gasteiger partial charge >= 0.3 is 0 Å². The van der Waals surface area contributed by atoms with Crippen LogP contribution in [0.15, 0.2) is 59.5 Å². The van der Waals surface area contributed by atoms with Crippen molar-refractivity contribution in [2.24, 2.45) is 5.92 Å². The van der Waals surface area contributed by atoms with Crippen molar-refractivity contribution in [3.05, 3.63) is 65.0 Å². The number of aryl methyl sites for hydroxylation is 1. The first-order chi connectivity index (χ1) is 14.8. The summed E-state index contributed by atoms with van der Waals surface area (Å²) >= 11 is 1.41. The number of hydrogen-bond donors (Lipinski definition) is 1. The van der Waals surface area contributed by atoms with E-state index in [9.17, 15) is 13.2 Å². The van der Waals surface area contributed by atoms with Crippen LogP contribution in [0.3, 0.4) is 0 Å². The summed E-state index contributed by atoms with van der Waals surface area (Å²) in [6.45, 7) is 5.19. The average molecular weight is 456 g/mol. The van der Waals surface area contributed by atoms with E-state index in [1.54, 1.807) is 12.1 Å². The molecule has 1 fully saturated rings. The van der Waals surface area contributed by atoms with E-state index in [4.69, 9.17) is 0 Å². The lowest BCUT2D eigenvalue weighted by Gasteiger charge is -2.29. The molecule has 0 spiro atoms. The van der Waals surface area contributed by atoms with Crippen molar-refractivity contribution in [3.8, 4) is 11.3 Å². The van der Waals surface area contributed by atoms with Gasteiger partial charge in [-0.05, 0) is 49.9 Å². The molecule has 0 saturated carbocycles.